The van der Waals surface area contributed by atoms with Crippen LogP contribution in [0.25, 0.3) is 0 Å². The Balaban J connectivity index is 2.68. The van der Waals surface area contributed by atoms with Crippen LogP contribution in [-0.4, -0.2) is 54.2 Å². The molecule has 1 fully saturated rings. The van der Waals surface area contributed by atoms with Crippen LogP contribution < -0.4 is 11.1 Å². The van der Waals surface area contributed by atoms with Crippen molar-refractivity contribution in [1.82, 2.24) is 10.2 Å². The first-order chi connectivity index (χ1) is 8.23. The van der Waals surface area contributed by atoms with E-state index in [0.29, 0.717) is 6.54 Å². The number of hydrogen-bond donors (Lipinski definition) is 2. The molecule has 106 valence electrons. The van der Waals surface area contributed by atoms with Crippen LogP contribution in [0.2, 0.25) is 0 Å². The van der Waals surface area contributed by atoms with Gasteiger partial charge in [0.2, 0.25) is 5.91 Å². The summed E-state index contributed by atoms with van der Waals surface area (Å²) in [5, 5.41) is 3.28. The lowest BCUT2D eigenvalue weighted by Gasteiger charge is -2.40. The van der Waals surface area contributed by atoms with Crippen LogP contribution in [0, 0.1) is 0 Å². The normalized spacial score (nSPS) is 29.2. The van der Waals surface area contributed by atoms with Crippen molar-refractivity contribution in [2.75, 3.05) is 19.6 Å². The summed E-state index contributed by atoms with van der Waals surface area (Å²) in [6, 6.07) is 0.221. The molecule has 0 saturated carbocycles. The summed E-state index contributed by atoms with van der Waals surface area (Å²) in [4.78, 5) is 13.9. The number of carbonyl (C=O) groups excluding carboxylic acids is 1. The largest absolute Gasteiger partial charge is 0.373 e. The van der Waals surface area contributed by atoms with Gasteiger partial charge in [-0.2, -0.15) is 0 Å². The molecule has 5 heteroatoms. The molecule has 1 heterocycles. The van der Waals surface area contributed by atoms with Crippen molar-refractivity contribution in [2.45, 2.75) is 58.4 Å². The van der Waals surface area contributed by atoms with Crippen molar-refractivity contribution in [3.63, 3.8) is 0 Å². The average Bonchev–Trinajstić information content (AvgIpc) is 2.13. The van der Waals surface area contributed by atoms with Gasteiger partial charge in [0.05, 0.1) is 12.2 Å². The SMILES string of the molecule is CC(C)NC(C)(CN1C[C@@H](C)O[C@@H](C)C1)C(N)=O. The molecular formula is C13H27N3O2. The lowest BCUT2D eigenvalue weighted by molar-refractivity contribution is -0.127. The third-order valence-corrected chi connectivity index (χ3v) is 3.19. The highest BCUT2D eigenvalue weighted by Gasteiger charge is 2.35. The number of rotatable bonds is 5. The fourth-order valence-electron chi connectivity index (χ4n) is 2.69. The predicted octanol–water partition coefficient (Wildman–Crippen LogP) is 0.338. The first-order valence-corrected chi connectivity index (χ1v) is 6.68. The topological polar surface area (TPSA) is 67.6 Å². The summed E-state index contributed by atoms with van der Waals surface area (Å²) in [6.45, 7) is 12.3. The van der Waals surface area contributed by atoms with Crippen molar-refractivity contribution in [3.8, 4) is 0 Å². The van der Waals surface area contributed by atoms with Crippen molar-refractivity contribution in [3.05, 3.63) is 0 Å². The number of ether oxygens (including phenoxy) is 1. The Morgan fingerprint density at radius 3 is 2.33 bits per heavy atom. The molecule has 0 aromatic carbocycles. The molecule has 0 aromatic heterocycles. The van der Waals surface area contributed by atoms with E-state index >= 15 is 0 Å². The smallest absolute Gasteiger partial charge is 0.238 e. The fraction of sp³-hybridized carbons (Fsp3) is 0.923. The standard InChI is InChI=1S/C13H27N3O2/c1-9(2)15-13(5,12(14)17)8-16-6-10(3)18-11(4)7-16/h9-11,15H,6-8H2,1-5H3,(H2,14,17)/t10-,11+,13?. The second kappa shape index (κ2) is 5.99. The Labute approximate surface area is 110 Å². The van der Waals surface area contributed by atoms with Gasteiger partial charge in [0.15, 0.2) is 0 Å². The predicted molar refractivity (Wildman–Crippen MR) is 72.3 cm³/mol. The van der Waals surface area contributed by atoms with Crippen LogP contribution in [-0.2, 0) is 9.53 Å². The van der Waals surface area contributed by atoms with Crippen molar-refractivity contribution >= 4 is 5.91 Å². The molecule has 1 rings (SSSR count). The van der Waals surface area contributed by atoms with E-state index in [9.17, 15) is 4.79 Å². The van der Waals surface area contributed by atoms with Crippen molar-refractivity contribution < 1.29 is 9.53 Å². The Kier molecular flexibility index (Phi) is 5.13. The van der Waals surface area contributed by atoms with Gasteiger partial charge >= 0.3 is 0 Å². The van der Waals surface area contributed by atoms with Crippen LogP contribution in [0.3, 0.4) is 0 Å². The van der Waals surface area contributed by atoms with E-state index in [1.54, 1.807) is 0 Å². The minimum atomic E-state index is -0.690. The summed E-state index contributed by atoms with van der Waals surface area (Å²) < 4.78 is 5.69. The van der Waals surface area contributed by atoms with Gasteiger partial charge in [-0.1, -0.05) is 0 Å². The zero-order valence-corrected chi connectivity index (χ0v) is 12.2. The van der Waals surface area contributed by atoms with Gasteiger partial charge in [-0.15, -0.1) is 0 Å². The fourth-order valence-corrected chi connectivity index (χ4v) is 2.69. The summed E-state index contributed by atoms with van der Waals surface area (Å²) in [5.41, 5.74) is 4.86. The van der Waals surface area contributed by atoms with Crippen LogP contribution in [0.15, 0.2) is 0 Å². The van der Waals surface area contributed by atoms with Gasteiger partial charge in [0.25, 0.3) is 0 Å². The number of primary amides is 1. The molecule has 0 bridgehead atoms. The van der Waals surface area contributed by atoms with Gasteiger partial charge in [-0.25, -0.2) is 0 Å². The molecule has 5 nitrogen and oxygen atoms in total. The molecule has 18 heavy (non-hydrogen) atoms. The number of amides is 1. The first kappa shape index (κ1) is 15.4. The molecule has 1 amide bonds. The zero-order valence-electron chi connectivity index (χ0n) is 12.2. The number of hydrogen-bond acceptors (Lipinski definition) is 4. The first-order valence-electron chi connectivity index (χ1n) is 6.68. The van der Waals surface area contributed by atoms with Gasteiger partial charge in [0.1, 0.15) is 5.54 Å². The average molecular weight is 257 g/mol. The second-order valence-corrected chi connectivity index (χ2v) is 5.95. The van der Waals surface area contributed by atoms with E-state index in [2.05, 4.69) is 24.1 Å². The molecule has 0 spiro atoms. The minimum absolute atomic E-state index is 0.199. The quantitative estimate of drug-likeness (QED) is 0.745. The lowest BCUT2D eigenvalue weighted by atomic mass is 9.98. The van der Waals surface area contributed by atoms with Gasteiger partial charge in [-0.05, 0) is 34.6 Å². The summed E-state index contributed by atoms with van der Waals surface area (Å²) >= 11 is 0. The van der Waals surface area contributed by atoms with Crippen LogP contribution in [0.4, 0.5) is 0 Å². The molecule has 1 aliphatic rings. The molecule has 0 aromatic rings. The lowest BCUT2D eigenvalue weighted by Crippen LogP contribution is -2.63. The van der Waals surface area contributed by atoms with E-state index in [1.807, 2.05) is 20.8 Å². The summed E-state index contributed by atoms with van der Waals surface area (Å²) in [7, 11) is 0. The van der Waals surface area contributed by atoms with E-state index in [1.165, 1.54) is 0 Å². The molecule has 1 unspecified atom stereocenters. The maximum absolute atomic E-state index is 11.7. The van der Waals surface area contributed by atoms with Crippen LogP contribution >= 0.6 is 0 Å². The van der Waals surface area contributed by atoms with E-state index in [-0.39, 0.29) is 24.2 Å². The molecule has 1 saturated heterocycles. The second-order valence-electron chi connectivity index (χ2n) is 5.95. The van der Waals surface area contributed by atoms with Crippen molar-refractivity contribution in [2.24, 2.45) is 5.73 Å². The number of carbonyl (C=O) groups is 1. The highest BCUT2D eigenvalue weighted by molar-refractivity contribution is 5.84. The minimum Gasteiger partial charge on any atom is -0.373 e. The van der Waals surface area contributed by atoms with Crippen LogP contribution in [0.5, 0.6) is 0 Å². The summed E-state index contributed by atoms with van der Waals surface area (Å²) in [6.07, 6.45) is 0.398. The maximum Gasteiger partial charge on any atom is 0.238 e. The number of nitrogens with two attached hydrogens (primary N) is 1. The van der Waals surface area contributed by atoms with Crippen molar-refractivity contribution in [1.29, 1.82) is 0 Å². The Morgan fingerprint density at radius 2 is 1.94 bits per heavy atom. The van der Waals surface area contributed by atoms with Gasteiger partial charge in [0, 0.05) is 25.7 Å². The third kappa shape index (κ3) is 4.23. The Hall–Kier alpha value is -0.650. The van der Waals surface area contributed by atoms with Gasteiger partial charge in [-0.3, -0.25) is 9.69 Å². The molecule has 1 aliphatic heterocycles. The summed E-state index contributed by atoms with van der Waals surface area (Å²) in [5.74, 6) is -0.303. The van der Waals surface area contributed by atoms with E-state index < -0.39 is 5.54 Å². The molecular weight excluding hydrogens is 230 g/mol. The molecule has 0 aliphatic carbocycles. The molecule has 3 N–H and O–H groups in total. The van der Waals surface area contributed by atoms with Gasteiger partial charge < -0.3 is 15.8 Å². The highest BCUT2D eigenvalue weighted by Crippen LogP contribution is 2.15. The van der Waals surface area contributed by atoms with E-state index in [0.717, 1.165) is 13.1 Å². The number of nitrogens with one attached hydrogen (secondary N) is 1. The molecule has 0 radical (unpaired) electrons. The number of nitrogens with zero attached hydrogens (tertiary/aromatic N) is 1. The van der Waals surface area contributed by atoms with E-state index in [4.69, 9.17) is 10.5 Å². The van der Waals surface area contributed by atoms with Crippen LogP contribution in [0.1, 0.15) is 34.6 Å². The number of morpholine rings is 1. The Morgan fingerprint density at radius 1 is 1.44 bits per heavy atom. The zero-order chi connectivity index (χ0) is 13.9. The third-order valence-electron chi connectivity index (χ3n) is 3.19. The monoisotopic (exact) mass is 257 g/mol. The highest BCUT2D eigenvalue weighted by atomic mass is 16.5. The maximum atomic E-state index is 11.7. The Bertz CT molecular complexity index is 286. The molecule has 3 atom stereocenters.